The van der Waals surface area contributed by atoms with E-state index in [0.717, 1.165) is 21.7 Å². The standard InChI is InChI=1S/C15H13N5S/c1-9-10(2)21-15-13(9)14-17-18-19-20(14)12(16-15)8-11-6-4-3-5-7-11/h3-7H,8H2,1-2H3. The van der Waals surface area contributed by atoms with Gasteiger partial charge in [0.05, 0.1) is 5.39 Å². The molecule has 0 radical (unpaired) electrons. The molecule has 0 unspecified atom stereocenters. The minimum Gasteiger partial charge on any atom is -0.221 e. The number of nitrogens with zero attached hydrogens (tertiary/aromatic N) is 5. The van der Waals surface area contributed by atoms with Crippen LogP contribution in [0.4, 0.5) is 0 Å². The zero-order valence-electron chi connectivity index (χ0n) is 11.7. The lowest BCUT2D eigenvalue weighted by Gasteiger charge is -2.04. The Balaban J connectivity index is 1.98. The number of rotatable bonds is 2. The highest BCUT2D eigenvalue weighted by atomic mass is 32.1. The summed E-state index contributed by atoms with van der Waals surface area (Å²) in [4.78, 5) is 7.07. The van der Waals surface area contributed by atoms with Crippen molar-refractivity contribution in [2.75, 3.05) is 0 Å². The molecule has 21 heavy (non-hydrogen) atoms. The Hall–Kier alpha value is -2.34. The van der Waals surface area contributed by atoms with E-state index in [-0.39, 0.29) is 0 Å². The number of fused-ring (bicyclic) bond motifs is 3. The van der Waals surface area contributed by atoms with Crippen LogP contribution >= 0.6 is 11.3 Å². The molecular weight excluding hydrogens is 282 g/mol. The van der Waals surface area contributed by atoms with Crippen LogP contribution in [0, 0.1) is 13.8 Å². The molecule has 0 saturated heterocycles. The van der Waals surface area contributed by atoms with Crippen molar-refractivity contribution in [3.63, 3.8) is 0 Å². The van der Waals surface area contributed by atoms with E-state index in [2.05, 4.69) is 41.5 Å². The van der Waals surface area contributed by atoms with Gasteiger partial charge in [0.25, 0.3) is 0 Å². The van der Waals surface area contributed by atoms with Crippen molar-refractivity contribution in [2.45, 2.75) is 20.3 Å². The van der Waals surface area contributed by atoms with Gasteiger partial charge in [-0.05, 0) is 35.4 Å². The lowest BCUT2D eigenvalue weighted by Crippen LogP contribution is -2.04. The maximum Gasteiger partial charge on any atom is 0.191 e. The number of hydrogen-bond donors (Lipinski definition) is 0. The quantitative estimate of drug-likeness (QED) is 0.570. The summed E-state index contributed by atoms with van der Waals surface area (Å²) in [6, 6.07) is 10.3. The second-order valence-electron chi connectivity index (χ2n) is 5.07. The molecule has 0 N–H and O–H groups in total. The first-order valence-corrected chi connectivity index (χ1v) is 7.56. The molecule has 104 valence electrons. The highest BCUT2D eigenvalue weighted by Gasteiger charge is 2.16. The first-order valence-electron chi connectivity index (χ1n) is 6.74. The first-order chi connectivity index (χ1) is 10.2. The van der Waals surface area contributed by atoms with Crippen molar-refractivity contribution in [3.8, 4) is 0 Å². The molecule has 0 atom stereocenters. The van der Waals surface area contributed by atoms with Crippen molar-refractivity contribution >= 4 is 27.2 Å². The number of hydrogen-bond acceptors (Lipinski definition) is 5. The van der Waals surface area contributed by atoms with Gasteiger partial charge >= 0.3 is 0 Å². The molecule has 0 saturated carbocycles. The molecular formula is C15H13N5S. The molecule has 0 aliphatic heterocycles. The monoisotopic (exact) mass is 295 g/mol. The van der Waals surface area contributed by atoms with Crippen LogP contribution < -0.4 is 0 Å². The molecule has 0 amide bonds. The summed E-state index contributed by atoms with van der Waals surface area (Å²) in [6.45, 7) is 4.21. The van der Waals surface area contributed by atoms with Crippen molar-refractivity contribution in [1.82, 2.24) is 25.0 Å². The van der Waals surface area contributed by atoms with Crippen LogP contribution in [-0.2, 0) is 6.42 Å². The zero-order chi connectivity index (χ0) is 14.4. The summed E-state index contributed by atoms with van der Waals surface area (Å²) < 4.78 is 1.76. The maximum absolute atomic E-state index is 4.79. The van der Waals surface area contributed by atoms with Crippen molar-refractivity contribution in [2.24, 2.45) is 0 Å². The van der Waals surface area contributed by atoms with Gasteiger partial charge < -0.3 is 0 Å². The van der Waals surface area contributed by atoms with Gasteiger partial charge in [0, 0.05) is 11.3 Å². The molecule has 0 bridgehead atoms. The molecule has 5 nitrogen and oxygen atoms in total. The summed E-state index contributed by atoms with van der Waals surface area (Å²) in [5, 5.41) is 13.2. The predicted molar refractivity (Wildman–Crippen MR) is 82.7 cm³/mol. The Morgan fingerprint density at radius 3 is 2.76 bits per heavy atom. The van der Waals surface area contributed by atoms with E-state index in [9.17, 15) is 0 Å². The summed E-state index contributed by atoms with van der Waals surface area (Å²) in [7, 11) is 0. The fourth-order valence-electron chi connectivity index (χ4n) is 2.53. The van der Waals surface area contributed by atoms with Gasteiger partial charge in [0.1, 0.15) is 10.7 Å². The van der Waals surface area contributed by atoms with Gasteiger partial charge in [0.15, 0.2) is 5.65 Å². The lowest BCUT2D eigenvalue weighted by atomic mass is 10.1. The molecule has 3 heterocycles. The van der Waals surface area contributed by atoms with Crippen molar-refractivity contribution in [1.29, 1.82) is 0 Å². The van der Waals surface area contributed by atoms with E-state index in [1.807, 2.05) is 18.2 Å². The Bertz CT molecular complexity index is 939. The largest absolute Gasteiger partial charge is 0.221 e. The molecule has 3 aromatic heterocycles. The average Bonchev–Trinajstić information content (AvgIpc) is 3.06. The summed E-state index contributed by atoms with van der Waals surface area (Å²) >= 11 is 1.70. The molecule has 4 rings (SSSR count). The highest BCUT2D eigenvalue weighted by molar-refractivity contribution is 7.18. The third-order valence-electron chi connectivity index (χ3n) is 3.74. The van der Waals surface area contributed by atoms with Crippen LogP contribution in [-0.4, -0.2) is 25.0 Å². The van der Waals surface area contributed by atoms with Crippen LogP contribution in [0.15, 0.2) is 30.3 Å². The van der Waals surface area contributed by atoms with E-state index in [0.29, 0.717) is 6.42 Å². The fourth-order valence-corrected chi connectivity index (χ4v) is 3.57. The fraction of sp³-hybridized carbons (Fsp3) is 0.200. The van der Waals surface area contributed by atoms with Crippen LogP contribution in [0.25, 0.3) is 15.9 Å². The van der Waals surface area contributed by atoms with Crippen LogP contribution in [0.5, 0.6) is 0 Å². The van der Waals surface area contributed by atoms with Gasteiger partial charge in [-0.15, -0.1) is 16.4 Å². The minimum absolute atomic E-state index is 0.717. The number of aryl methyl sites for hydroxylation is 2. The van der Waals surface area contributed by atoms with Gasteiger partial charge in [-0.3, -0.25) is 0 Å². The molecule has 0 aliphatic rings. The molecule has 6 heteroatoms. The van der Waals surface area contributed by atoms with E-state index < -0.39 is 0 Å². The summed E-state index contributed by atoms with van der Waals surface area (Å²) in [5.41, 5.74) is 3.22. The third kappa shape index (κ3) is 1.91. The first kappa shape index (κ1) is 12.4. The minimum atomic E-state index is 0.717. The predicted octanol–water partition coefficient (Wildman–Crippen LogP) is 2.94. The number of thiophene rings is 1. The lowest BCUT2D eigenvalue weighted by molar-refractivity contribution is 0.768. The van der Waals surface area contributed by atoms with E-state index in [1.165, 1.54) is 16.0 Å². The van der Waals surface area contributed by atoms with Crippen LogP contribution in [0.1, 0.15) is 21.8 Å². The zero-order valence-corrected chi connectivity index (χ0v) is 12.6. The van der Waals surface area contributed by atoms with Gasteiger partial charge in [-0.1, -0.05) is 30.3 Å². The SMILES string of the molecule is Cc1sc2nc(Cc3ccccc3)n3nnnc3c2c1C. The van der Waals surface area contributed by atoms with Crippen molar-refractivity contribution in [3.05, 3.63) is 52.2 Å². The Morgan fingerprint density at radius 2 is 1.95 bits per heavy atom. The molecule has 4 aromatic rings. The van der Waals surface area contributed by atoms with E-state index in [1.54, 1.807) is 15.9 Å². The normalized spacial score (nSPS) is 11.5. The Morgan fingerprint density at radius 1 is 1.14 bits per heavy atom. The highest BCUT2D eigenvalue weighted by Crippen LogP contribution is 2.31. The smallest absolute Gasteiger partial charge is 0.191 e. The molecule has 0 aliphatic carbocycles. The molecule has 0 spiro atoms. The van der Waals surface area contributed by atoms with Gasteiger partial charge in [-0.2, -0.15) is 4.52 Å². The maximum atomic E-state index is 4.79. The van der Waals surface area contributed by atoms with Crippen LogP contribution in [0.3, 0.4) is 0 Å². The van der Waals surface area contributed by atoms with Gasteiger partial charge in [0.2, 0.25) is 0 Å². The van der Waals surface area contributed by atoms with E-state index >= 15 is 0 Å². The Kier molecular flexibility index (Phi) is 2.71. The number of benzene rings is 1. The van der Waals surface area contributed by atoms with Crippen molar-refractivity contribution < 1.29 is 0 Å². The summed E-state index contributed by atoms with van der Waals surface area (Å²) in [5.74, 6) is 0.870. The van der Waals surface area contributed by atoms with Crippen LogP contribution in [0.2, 0.25) is 0 Å². The average molecular weight is 295 g/mol. The molecule has 1 aromatic carbocycles. The summed E-state index contributed by atoms with van der Waals surface area (Å²) in [6.07, 6.45) is 0.717. The van der Waals surface area contributed by atoms with E-state index in [4.69, 9.17) is 4.98 Å². The second kappa shape index (κ2) is 4.60. The third-order valence-corrected chi connectivity index (χ3v) is 4.84. The topological polar surface area (TPSA) is 56.0 Å². The second-order valence-corrected chi connectivity index (χ2v) is 6.27. The van der Waals surface area contributed by atoms with Gasteiger partial charge in [-0.25, -0.2) is 4.98 Å². The number of aromatic nitrogens is 5. The Labute approximate surface area is 125 Å². The molecule has 0 fully saturated rings. The number of tetrazole rings is 1.